The molecule has 0 aromatic heterocycles. The number of aliphatic carboxylic acids is 1. The first kappa shape index (κ1) is 15.8. The number of carboxylic acids is 1. The average Bonchev–Trinajstić information content (AvgIpc) is 2.13. The lowest BCUT2D eigenvalue weighted by atomic mass is 9.93. The van der Waals surface area contributed by atoms with Crippen LogP contribution in [0.2, 0.25) is 0 Å². The van der Waals surface area contributed by atoms with E-state index in [9.17, 15) is 14.4 Å². The Hall–Kier alpha value is -1.23. The van der Waals surface area contributed by atoms with Gasteiger partial charge in [-0.2, -0.15) is 0 Å². The van der Waals surface area contributed by atoms with E-state index in [1.807, 2.05) is 0 Å². The van der Waals surface area contributed by atoms with Crippen LogP contribution >= 0.6 is 0 Å². The van der Waals surface area contributed by atoms with Gasteiger partial charge in [-0.25, -0.2) is 0 Å². The van der Waals surface area contributed by atoms with Gasteiger partial charge in [-0.3, -0.25) is 19.7 Å². The maximum atomic E-state index is 11.8. The molecular formula is C12H21NO4. The second kappa shape index (κ2) is 5.91. The molecule has 98 valence electrons. The van der Waals surface area contributed by atoms with Crippen molar-refractivity contribution < 1.29 is 19.5 Å². The predicted molar refractivity (Wildman–Crippen MR) is 63.8 cm³/mol. The summed E-state index contributed by atoms with van der Waals surface area (Å²) >= 11 is 0. The number of carbonyl (C=O) groups is 3. The molecule has 0 amide bonds. The molecule has 5 heteroatoms. The fraction of sp³-hybridized carbons (Fsp3) is 0.750. The highest BCUT2D eigenvalue weighted by atomic mass is 16.4. The van der Waals surface area contributed by atoms with Gasteiger partial charge < -0.3 is 5.11 Å². The van der Waals surface area contributed by atoms with E-state index < -0.39 is 17.6 Å². The molecule has 0 aliphatic heterocycles. The Balaban J connectivity index is 4.89. The molecule has 0 saturated heterocycles. The first-order valence-electron chi connectivity index (χ1n) is 5.62. The van der Waals surface area contributed by atoms with Gasteiger partial charge in [-0.15, -0.1) is 0 Å². The molecule has 0 rings (SSSR count). The molecule has 2 N–H and O–H groups in total. The van der Waals surface area contributed by atoms with Crippen molar-refractivity contribution in [3.05, 3.63) is 0 Å². The first-order chi connectivity index (χ1) is 7.58. The average molecular weight is 243 g/mol. The van der Waals surface area contributed by atoms with Crippen molar-refractivity contribution in [1.82, 2.24) is 5.32 Å². The lowest BCUT2D eigenvalue weighted by molar-refractivity contribution is -0.140. The van der Waals surface area contributed by atoms with Gasteiger partial charge >= 0.3 is 5.97 Å². The van der Waals surface area contributed by atoms with Crippen LogP contribution in [0.4, 0.5) is 0 Å². The number of Topliss-reactive ketones (excluding diaryl/α,β-unsaturated/α-hetero) is 2. The monoisotopic (exact) mass is 243 g/mol. The standard InChI is InChI=1S/C12H21NO4/c1-7(2)11(17)9(6-10(15)16)13-12(4,5)8(3)14/h7,9,13H,6H2,1-5H3,(H,15,16). The molecule has 0 radical (unpaired) electrons. The van der Waals surface area contributed by atoms with Crippen molar-refractivity contribution >= 4 is 17.5 Å². The Bertz CT molecular complexity index is 320. The fourth-order valence-electron chi connectivity index (χ4n) is 1.34. The van der Waals surface area contributed by atoms with Crippen molar-refractivity contribution in [2.75, 3.05) is 0 Å². The smallest absolute Gasteiger partial charge is 0.305 e. The van der Waals surface area contributed by atoms with E-state index in [-0.39, 0.29) is 23.9 Å². The third-order valence-corrected chi connectivity index (χ3v) is 2.71. The highest BCUT2D eigenvalue weighted by Gasteiger charge is 2.32. The van der Waals surface area contributed by atoms with E-state index >= 15 is 0 Å². The number of carboxylic acid groups (broad SMARTS) is 1. The number of carbonyl (C=O) groups excluding carboxylic acids is 2. The van der Waals surface area contributed by atoms with Gasteiger partial charge in [0.2, 0.25) is 0 Å². The van der Waals surface area contributed by atoms with E-state index in [1.54, 1.807) is 27.7 Å². The molecule has 0 aliphatic carbocycles. The van der Waals surface area contributed by atoms with Crippen molar-refractivity contribution in [1.29, 1.82) is 0 Å². The molecule has 0 aliphatic rings. The summed E-state index contributed by atoms with van der Waals surface area (Å²) in [4.78, 5) is 33.9. The Labute approximate surface area is 102 Å². The Kier molecular flexibility index (Phi) is 5.48. The lowest BCUT2D eigenvalue weighted by Gasteiger charge is -2.29. The highest BCUT2D eigenvalue weighted by molar-refractivity contribution is 5.91. The Morgan fingerprint density at radius 2 is 1.71 bits per heavy atom. The number of nitrogens with one attached hydrogen (secondary N) is 1. The molecule has 0 spiro atoms. The minimum absolute atomic E-state index is 0.135. The predicted octanol–water partition coefficient (Wildman–Crippen LogP) is 1.01. The number of ketones is 2. The maximum absolute atomic E-state index is 11.8. The molecule has 1 atom stereocenters. The molecule has 17 heavy (non-hydrogen) atoms. The third kappa shape index (κ3) is 5.08. The fourth-order valence-corrected chi connectivity index (χ4v) is 1.34. The summed E-state index contributed by atoms with van der Waals surface area (Å²) in [6, 6.07) is -0.827. The summed E-state index contributed by atoms with van der Waals surface area (Å²) in [5, 5.41) is 11.6. The van der Waals surface area contributed by atoms with Gasteiger partial charge in [-0.05, 0) is 20.8 Å². The molecule has 0 saturated carbocycles. The zero-order valence-electron chi connectivity index (χ0n) is 11.0. The van der Waals surface area contributed by atoms with Crippen LogP contribution < -0.4 is 5.32 Å². The summed E-state index contributed by atoms with van der Waals surface area (Å²) in [6.07, 6.45) is -0.312. The van der Waals surface area contributed by atoms with Crippen molar-refractivity contribution in [2.24, 2.45) is 5.92 Å². The van der Waals surface area contributed by atoms with E-state index in [2.05, 4.69) is 5.32 Å². The van der Waals surface area contributed by atoms with Crippen molar-refractivity contribution in [3.63, 3.8) is 0 Å². The topological polar surface area (TPSA) is 83.5 Å². The maximum Gasteiger partial charge on any atom is 0.305 e. The van der Waals surface area contributed by atoms with E-state index in [0.717, 1.165) is 0 Å². The van der Waals surface area contributed by atoms with Gasteiger partial charge in [0.1, 0.15) is 5.78 Å². The van der Waals surface area contributed by atoms with Gasteiger partial charge in [0.05, 0.1) is 18.0 Å². The molecule has 0 aromatic carbocycles. The van der Waals surface area contributed by atoms with Crippen LogP contribution in [0.1, 0.15) is 41.0 Å². The van der Waals surface area contributed by atoms with E-state index in [0.29, 0.717) is 0 Å². The first-order valence-corrected chi connectivity index (χ1v) is 5.62. The van der Waals surface area contributed by atoms with Crippen LogP contribution in [0, 0.1) is 5.92 Å². The third-order valence-electron chi connectivity index (χ3n) is 2.71. The second-order valence-electron chi connectivity index (χ2n) is 5.03. The van der Waals surface area contributed by atoms with E-state index in [4.69, 9.17) is 5.11 Å². The Morgan fingerprint density at radius 3 is 2.00 bits per heavy atom. The van der Waals surface area contributed by atoms with Crippen LogP contribution in [0.3, 0.4) is 0 Å². The molecule has 0 fully saturated rings. The van der Waals surface area contributed by atoms with Gasteiger partial charge in [0, 0.05) is 5.92 Å². The van der Waals surface area contributed by atoms with Gasteiger partial charge in [-0.1, -0.05) is 13.8 Å². The SMILES string of the molecule is CC(=O)C(C)(C)NC(CC(=O)O)C(=O)C(C)C. The lowest BCUT2D eigenvalue weighted by Crippen LogP contribution is -2.54. The molecule has 0 bridgehead atoms. The van der Waals surface area contributed by atoms with Crippen molar-refractivity contribution in [3.8, 4) is 0 Å². The molecule has 0 heterocycles. The van der Waals surface area contributed by atoms with Crippen LogP contribution in [0.25, 0.3) is 0 Å². The Morgan fingerprint density at radius 1 is 1.24 bits per heavy atom. The normalized spacial score (nSPS) is 13.5. The zero-order valence-corrected chi connectivity index (χ0v) is 11.0. The summed E-state index contributed by atoms with van der Waals surface area (Å²) in [5.41, 5.74) is -0.898. The summed E-state index contributed by atoms with van der Waals surface area (Å²) in [5.74, 6) is -1.66. The molecule has 5 nitrogen and oxygen atoms in total. The van der Waals surface area contributed by atoms with Crippen LogP contribution in [0.15, 0.2) is 0 Å². The summed E-state index contributed by atoms with van der Waals surface area (Å²) in [6.45, 7) is 8.10. The molecule has 1 unspecified atom stereocenters. The summed E-state index contributed by atoms with van der Waals surface area (Å²) < 4.78 is 0. The minimum Gasteiger partial charge on any atom is -0.481 e. The minimum atomic E-state index is -1.06. The highest BCUT2D eigenvalue weighted by Crippen LogP contribution is 2.11. The van der Waals surface area contributed by atoms with E-state index in [1.165, 1.54) is 6.92 Å². The molecular weight excluding hydrogens is 222 g/mol. The number of hydrogen-bond acceptors (Lipinski definition) is 4. The van der Waals surface area contributed by atoms with Crippen LogP contribution in [0.5, 0.6) is 0 Å². The quantitative estimate of drug-likeness (QED) is 0.697. The van der Waals surface area contributed by atoms with Crippen LogP contribution in [-0.4, -0.2) is 34.2 Å². The second-order valence-corrected chi connectivity index (χ2v) is 5.03. The molecule has 0 aromatic rings. The van der Waals surface area contributed by atoms with Gasteiger partial charge in [0.25, 0.3) is 0 Å². The largest absolute Gasteiger partial charge is 0.481 e. The zero-order chi connectivity index (χ0) is 13.8. The number of hydrogen-bond donors (Lipinski definition) is 2. The van der Waals surface area contributed by atoms with Gasteiger partial charge in [0.15, 0.2) is 5.78 Å². The summed E-state index contributed by atoms with van der Waals surface area (Å²) in [7, 11) is 0. The number of rotatable bonds is 7. The van der Waals surface area contributed by atoms with Crippen molar-refractivity contribution in [2.45, 2.75) is 52.6 Å². The van der Waals surface area contributed by atoms with Crippen LogP contribution in [-0.2, 0) is 14.4 Å².